The molecule has 0 radical (unpaired) electrons. The molecule has 0 unspecified atom stereocenters. The average molecular weight is 151 g/mol. The van der Waals surface area contributed by atoms with Crippen molar-refractivity contribution in [2.24, 2.45) is 5.92 Å². The van der Waals surface area contributed by atoms with E-state index < -0.39 is 0 Å². The number of aromatic nitrogens is 1. The second kappa shape index (κ2) is 2.19. The van der Waals surface area contributed by atoms with Gasteiger partial charge >= 0.3 is 0 Å². The van der Waals surface area contributed by atoms with Crippen LogP contribution >= 0.6 is 0 Å². The molecule has 2 rings (SSSR count). The number of rotatable bonds is 2. The molecule has 0 atom stereocenters. The summed E-state index contributed by atoms with van der Waals surface area (Å²) in [6.07, 6.45) is 3.48. The van der Waals surface area contributed by atoms with Crippen LogP contribution in [0.5, 0.6) is 0 Å². The molecule has 1 fully saturated rings. The van der Waals surface area contributed by atoms with Crippen molar-refractivity contribution < 1.29 is 9.21 Å². The second-order valence-electron chi connectivity index (χ2n) is 2.89. The van der Waals surface area contributed by atoms with Crippen LogP contribution in [0.1, 0.15) is 29.2 Å². The SMILES string of the molecule is Cc1nc(C(=O)C2CC2)co1. The molecule has 0 saturated heterocycles. The maximum absolute atomic E-state index is 11.3. The van der Waals surface area contributed by atoms with E-state index in [2.05, 4.69) is 4.98 Å². The Morgan fingerprint density at radius 3 is 2.91 bits per heavy atom. The summed E-state index contributed by atoms with van der Waals surface area (Å²) in [5.74, 6) is 0.940. The van der Waals surface area contributed by atoms with Gasteiger partial charge in [-0.2, -0.15) is 0 Å². The first-order valence-electron chi connectivity index (χ1n) is 3.74. The molecule has 0 bridgehead atoms. The Hall–Kier alpha value is -1.12. The van der Waals surface area contributed by atoms with Gasteiger partial charge in [0.25, 0.3) is 0 Å². The molecule has 0 N–H and O–H groups in total. The lowest BCUT2D eigenvalue weighted by molar-refractivity contribution is 0.0962. The van der Waals surface area contributed by atoms with Crippen molar-refractivity contribution in [3.05, 3.63) is 17.8 Å². The maximum Gasteiger partial charge on any atom is 0.191 e. The van der Waals surface area contributed by atoms with Gasteiger partial charge in [-0.15, -0.1) is 0 Å². The minimum Gasteiger partial charge on any atom is -0.449 e. The number of carbonyl (C=O) groups is 1. The summed E-state index contributed by atoms with van der Waals surface area (Å²) < 4.78 is 4.93. The van der Waals surface area contributed by atoms with E-state index in [1.807, 2.05) is 0 Å². The van der Waals surface area contributed by atoms with Crippen LogP contribution in [-0.4, -0.2) is 10.8 Å². The summed E-state index contributed by atoms with van der Waals surface area (Å²) in [4.78, 5) is 15.3. The van der Waals surface area contributed by atoms with Crippen LogP contribution in [0.15, 0.2) is 10.7 Å². The molecule has 58 valence electrons. The summed E-state index contributed by atoms with van der Waals surface area (Å²) in [5.41, 5.74) is 0.491. The lowest BCUT2D eigenvalue weighted by Gasteiger charge is -1.86. The first-order valence-corrected chi connectivity index (χ1v) is 3.74. The van der Waals surface area contributed by atoms with E-state index in [-0.39, 0.29) is 11.7 Å². The largest absolute Gasteiger partial charge is 0.449 e. The van der Waals surface area contributed by atoms with Gasteiger partial charge in [-0.3, -0.25) is 4.79 Å². The topological polar surface area (TPSA) is 43.1 Å². The highest BCUT2D eigenvalue weighted by atomic mass is 16.3. The molecule has 1 aliphatic rings. The molecule has 1 aliphatic carbocycles. The average Bonchev–Trinajstić information content (AvgIpc) is 2.74. The Kier molecular flexibility index (Phi) is 1.31. The molecule has 0 aromatic carbocycles. The summed E-state index contributed by atoms with van der Waals surface area (Å²) in [6, 6.07) is 0. The molecular weight excluding hydrogens is 142 g/mol. The summed E-state index contributed by atoms with van der Waals surface area (Å²) in [7, 11) is 0. The van der Waals surface area contributed by atoms with Gasteiger partial charge in [0.2, 0.25) is 0 Å². The summed E-state index contributed by atoms with van der Waals surface area (Å²) in [5, 5.41) is 0. The number of carbonyl (C=O) groups excluding carboxylic acids is 1. The Morgan fingerprint density at radius 1 is 1.73 bits per heavy atom. The van der Waals surface area contributed by atoms with Crippen LogP contribution in [0.3, 0.4) is 0 Å². The fourth-order valence-electron chi connectivity index (χ4n) is 1.03. The van der Waals surface area contributed by atoms with Gasteiger partial charge in [0.15, 0.2) is 11.7 Å². The smallest absolute Gasteiger partial charge is 0.191 e. The predicted molar refractivity (Wildman–Crippen MR) is 38.3 cm³/mol. The van der Waals surface area contributed by atoms with Gasteiger partial charge in [-0.1, -0.05) is 0 Å². The van der Waals surface area contributed by atoms with Gasteiger partial charge < -0.3 is 4.42 Å². The fourth-order valence-corrected chi connectivity index (χ4v) is 1.03. The number of nitrogens with zero attached hydrogens (tertiary/aromatic N) is 1. The highest BCUT2D eigenvalue weighted by Gasteiger charge is 2.31. The zero-order chi connectivity index (χ0) is 7.84. The Balaban J connectivity index is 2.21. The third kappa shape index (κ3) is 1.18. The highest BCUT2D eigenvalue weighted by molar-refractivity contribution is 5.97. The first-order chi connectivity index (χ1) is 5.27. The van der Waals surface area contributed by atoms with E-state index in [0.717, 1.165) is 12.8 Å². The molecule has 1 aromatic heterocycles. The van der Waals surface area contributed by atoms with Crippen LogP contribution < -0.4 is 0 Å². The van der Waals surface area contributed by atoms with Gasteiger partial charge in [0.05, 0.1) is 0 Å². The van der Waals surface area contributed by atoms with Crippen molar-refractivity contribution >= 4 is 5.78 Å². The van der Waals surface area contributed by atoms with Crippen LogP contribution in [0.2, 0.25) is 0 Å². The van der Waals surface area contributed by atoms with E-state index in [4.69, 9.17) is 4.42 Å². The number of hydrogen-bond acceptors (Lipinski definition) is 3. The Labute approximate surface area is 64.4 Å². The standard InChI is InChI=1S/C8H9NO2/c1-5-9-7(4-11-5)8(10)6-2-3-6/h4,6H,2-3H2,1H3. The minimum atomic E-state index is 0.141. The molecule has 3 nitrogen and oxygen atoms in total. The van der Waals surface area contributed by atoms with Crippen LogP contribution in [0, 0.1) is 12.8 Å². The van der Waals surface area contributed by atoms with Crippen molar-refractivity contribution in [1.82, 2.24) is 4.98 Å². The van der Waals surface area contributed by atoms with Crippen molar-refractivity contribution in [1.29, 1.82) is 0 Å². The normalized spacial score (nSPS) is 16.8. The van der Waals surface area contributed by atoms with E-state index in [9.17, 15) is 4.79 Å². The molecule has 0 spiro atoms. The number of hydrogen-bond donors (Lipinski definition) is 0. The van der Waals surface area contributed by atoms with Gasteiger partial charge in [0, 0.05) is 12.8 Å². The van der Waals surface area contributed by atoms with E-state index in [1.54, 1.807) is 6.92 Å². The van der Waals surface area contributed by atoms with E-state index >= 15 is 0 Å². The van der Waals surface area contributed by atoms with Crippen molar-refractivity contribution in [3.63, 3.8) is 0 Å². The molecule has 1 heterocycles. The molecule has 1 saturated carbocycles. The van der Waals surface area contributed by atoms with E-state index in [1.165, 1.54) is 6.26 Å². The van der Waals surface area contributed by atoms with E-state index in [0.29, 0.717) is 11.6 Å². The van der Waals surface area contributed by atoms with Crippen molar-refractivity contribution in [2.45, 2.75) is 19.8 Å². The first kappa shape index (κ1) is 6.58. The zero-order valence-electron chi connectivity index (χ0n) is 6.33. The minimum absolute atomic E-state index is 0.141. The third-order valence-corrected chi connectivity index (χ3v) is 1.82. The molecular formula is C8H9NO2. The molecule has 1 aromatic rings. The molecule has 3 heteroatoms. The summed E-state index contributed by atoms with van der Waals surface area (Å²) in [6.45, 7) is 1.74. The van der Waals surface area contributed by atoms with Crippen molar-refractivity contribution in [2.75, 3.05) is 0 Å². The maximum atomic E-state index is 11.3. The lowest BCUT2D eigenvalue weighted by Crippen LogP contribution is -2.00. The number of oxazole rings is 1. The van der Waals surface area contributed by atoms with Crippen LogP contribution in [0.25, 0.3) is 0 Å². The van der Waals surface area contributed by atoms with Crippen LogP contribution in [0.4, 0.5) is 0 Å². The number of ketones is 1. The predicted octanol–water partition coefficient (Wildman–Crippen LogP) is 1.58. The monoisotopic (exact) mass is 151 g/mol. The second-order valence-corrected chi connectivity index (χ2v) is 2.89. The number of aryl methyl sites for hydroxylation is 1. The quantitative estimate of drug-likeness (QED) is 0.602. The van der Waals surface area contributed by atoms with Gasteiger partial charge in [-0.25, -0.2) is 4.98 Å². The zero-order valence-corrected chi connectivity index (χ0v) is 6.33. The Bertz CT molecular complexity index is 286. The lowest BCUT2D eigenvalue weighted by atomic mass is 10.2. The highest BCUT2D eigenvalue weighted by Crippen LogP contribution is 2.32. The van der Waals surface area contributed by atoms with Crippen molar-refractivity contribution in [3.8, 4) is 0 Å². The van der Waals surface area contributed by atoms with Crippen LogP contribution in [-0.2, 0) is 0 Å². The number of Topliss-reactive ketones (excluding diaryl/α,β-unsaturated/α-hetero) is 1. The van der Waals surface area contributed by atoms with Gasteiger partial charge in [-0.05, 0) is 12.8 Å². The fraction of sp³-hybridized carbons (Fsp3) is 0.500. The molecule has 0 aliphatic heterocycles. The third-order valence-electron chi connectivity index (χ3n) is 1.82. The molecule has 11 heavy (non-hydrogen) atoms. The Morgan fingerprint density at radius 2 is 2.45 bits per heavy atom. The van der Waals surface area contributed by atoms with Gasteiger partial charge in [0.1, 0.15) is 12.0 Å². The summed E-state index contributed by atoms with van der Waals surface area (Å²) >= 11 is 0. The molecule has 0 amide bonds.